The molecular weight excluding hydrogens is 370 g/mol. The third-order valence-electron chi connectivity index (χ3n) is 3.98. The van der Waals surface area contributed by atoms with E-state index >= 15 is 0 Å². The molecule has 2 rings (SSSR count). The van der Waals surface area contributed by atoms with Gasteiger partial charge in [0.05, 0.1) is 11.5 Å². The van der Waals surface area contributed by atoms with Crippen LogP contribution in [0.15, 0.2) is 47.5 Å². The molecule has 0 bridgehead atoms. The van der Waals surface area contributed by atoms with Crippen molar-refractivity contribution in [3.8, 4) is 0 Å². The van der Waals surface area contributed by atoms with Crippen LogP contribution in [0.4, 0.5) is 17.2 Å². The molecule has 1 heterocycles. The maximum atomic E-state index is 12.4. The largest absolute Gasteiger partial charge is 0.376 e. The number of nitrogens with one attached hydrogen (secondary N) is 3. The molecule has 2 aromatic rings. The summed E-state index contributed by atoms with van der Waals surface area (Å²) in [7, 11) is -3.49. The summed E-state index contributed by atoms with van der Waals surface area (Å²) >= 11 is 0. The number of anilines is 2. The number of sulfonamides is 1. The van der Waals surface area contributed by atoms with E-state index in [0.29, 0.717) is 37.7 Å². The molecule has 0 unspecified atom stereocenters. The Balaban J connectivity index is 1.92. The molecule has 0 fully saturated rings. The van der Waals surface area contributed by atoms with Crippen molar-refractivity contribution in [1.29, 1.82) is 0 Å². The minimum atomic E-state index is -3.49. The molecule has 0 saturated heterocycles. The minimum absolute atomic E-state index is 0.0232. The number of hydrogen-bond donors (Lipinski definition) is 2. The molecule has 0 aliphatic heterocycles. The van der Waals surface area contributed by atoms with E-state index in [1.807, 2.05) is 0 Å². The fourth-order valence-electron chi connectivity index (χ4n) is 2.57. The average molecular weight is 394 g/mol. The number of nitro groups is 1. The Kier molecular flexibility index (Phi) is 7.08. The van der Waals surface area contributed by atoms with Crippen molar-refractivity contribution in [2.75, 3.05) is 36.8 Å². The molecule has 10 heteroatoms. The van der Waals surface area contributed by atoms with Crippen molar-refractivity contribution in [1.82, 2.24) is 4.31 Å². The first-order valence-corrected chi connectivity index (χ1v) is 10.1. The van der Waals surface area contributed by atoms with Crippen LogP contribution in [-0.2, 0) is 10.0 Å². The van der Waals surface area contributed by atoms with Crippen LogP contribution in [0.5, 0.6) is 0 Å². The van der Waals surface area contributed by atoms with Crippen molar-refractivity contribution in [2.45, 2.75) is 18.7 Å². The number of nitro benzene ring substituents is 1. The smallest absolute Gasteiger partial charge is 0.292 e. The molecule has 0 aliphatic rings. The zero-order valence-corrected chi connectivity index (χ0v) is 16.1. The van der Waals surface area contributed by atoms with Crippen molar-refractivity contribution < 1.29 is 18.3 Å². The van der Waals surface area contributed by atoms with Crippen LogP contribution in [0.2, 0.25) is 0 Å². The topological polar surface area (TPSA) is 119 Å². The van der Waals surface area contributed by atoms with Crippen LogP contribution in [-0.4, -0.2) is 43.8 Å². The second kappa shape index (κ2) is 9.28. The normalized spacial score (nSPS) is 11.4. The summed E-state index contributed by atoms with van der Waals surface area (Å²) in [4.78, 5) is 13.7. The highest BCUT2D eigenvalue weighted by atomic mass is 32.2. The van der Waals surface area contributed by atoms with E-state index in [4.69, 9.17) is 0 Å². The van der Waals surface area contributed by atoms with Crippen LogP contribution < -0.4 is 15.6 Å². The van der Waals surface area contributed by atoms with Gasteiger partial charge in [-0.2, -0.15) is 4.31 Å². The van der Waals surface area contributed by atoms with Crippen LogP contribution in [0, 0.1) is 10.1 Å². The van der Waals surface area contributed by atoms with Gasteiger partial charge in [-0.1, -0.05) is 26.0 Å². The Morgan fingerprint density at radius 3 is 2.33 bits per heavy atom. The standard InChI is InChI=1S/C17H23N5O4S/c1-3-21(4-2)27(25,26)14-9-10-17(20-13-14)19-12-11-18-15-7-5-6-8-16(15)22(23)24/h5-10,13,18H,3-4,11-12H2,1-2H3,(H,19,20)/p+1. The molecule has 0 atom stereocenters. The Bertz CT molecular complexity index is 867. The second-order valence-corrected chi connectivity index (χ2v) is 7.59. The Morgan fingerprint density at radius 1 is 1.07 bits per heavy atom. The Morgan fingerprint density at radius 2 is 1.74 bits per heavy atom. The number of rotatable bonds is 10. The number of aromatic nitrogens is 1. The van der Waals surface area contributed by atoms with Gasteiger partial charge < -0.3 is 5.32 Å². The molecule has 9 nitrogen and oxygen atoms in total. The van der Waals surface area contributed by atoms with Gasteiger partial charge in [0.25, 0.3) is 11.5 Å². The van der Waals surface area contributed by atoms with E-state index in [1.165, 1.54) is 16.6 Å². The number of pyridine rings is 1. The quantitative estimate of drug-likeness (QED) is 0.361. The maximum absolute atomic E-state index is 12.4. The van der Waals surface area contributed by atoms with E-state index in [0.717, 1.165) is 0 Å². The number of benzene rings is 1. The average Bonchev–Trinajstić information content (AvgIpc) is 2.66. The van der Waals surface area contributed by atoms with Gasteiger partial charge in [0.1, 0.15) is 23.3 Å². The maximum Gasteiger partial charge on any atom is 0.292 e. The van der Waals surface area contributed by atoms with Crippen molar-refractivity contribution in [2.24, 2.45) is 0 Å². The summed E-state index contributed by atoms with van der Waals surface area (Å²) in [5.74, 6) is 0.651. The third kappa shape index (κ3) is 5.14. The van der Waals surface area contributed by atoms with Gasteiger partial charge in [-0.05, 0) is 12.1 Å². The summed E-state index contributed by atoms with van der Waals surface area (Å²) in [6.07, 6.45) is 1.45. The number of aromatic amines is 1. The molecule has 0 radical (unpaired) electrons. The van der Waals surface area contributed by atoms with Gasteiger partial charge in [0.2, 0.25) is 10.0 Å². The van der Waals surface area contributed by atoms with Crippen LogP contribution >= 0.6 is 0 Å². The van der Waals surface area contributed by atoms with E-state index in [-0.39, 0.29) is 10.6 Å². The first-order chi connectivity index (χ1) is 12.9. The zero-order chi connectivity index (χ0) is 19.9. The van der Waals surface area contributed by atoms with Gasteiger partial charge in [-0.3, -0.25) is 15.4 Å². The van der Waals surface area contributed by atoms with Gasteiger partial charge in [0.15, 0.2) is 0 Å². The first-order valence-electron chi connectivity index (χ1n) is 8.63. The van der Waals surface area contributed by atoms with E-state index < -0.39 is 14.9 Å². The highest BCUT2D eigenvalue weighted by Crippen LogP contribution is 2.22. The van der Waals surface area contributed by atoms with Crippen molar-refractivity contribution in [3.05, 3.63) is 52.7 Å². The fourth-order valence-corrected chi connectivity index (χ4v) is 4.00. The highest BCUT2D eigenvalue weighted by molar-refractivity contribution is 7.89. The Hall–Kier alpha value is -2.72. The molecule has 0 amide bonds. The van der Waals surface area contributed by atoms with Gasteiger partial charge in [0, 0.05) is 25.2 Å². The van der Waals surface area contributed by atoms with Crippen molar-refractivity contribution >= 4 is 27.2 Å². The monoisotopic (exact) mass is 394 g/mol. The van der Waals surface area contributed by atoms with E-state index in [2.05, 4.69) is 15.6 Å². The molecule has 0 spiro atoms. The number of para-hydroxylation sites is 2. The lowest BCUT2D eigenvalue weighted by atomic mass is 10.2. The molecule has 3 N–H and O–H groups in total. The molecule has 0 aliphatic carbocycles. The van der Waals surface area contributed by atoms with Crippen LogP contribution in [0.1, 0.15) is 13.8 Å². The van der Waals surface area contributed by atoms with Crippen LogP contribution in [0.25, 0.3) is 0 Å². The summed E-state index contributed by atoms with van der Waals surface area (Å²) in [5, 5.41) is 17.1. The van der Waals surface area contributed by atoms with E-state index in [1.54, 1.807) is 44.2 Å². The zero-order valence-electron chi connectivity index (χ0n) is 15.3. The lowest BCUT2D eigenvalue weighted by Gasteiger charge is -2.17. The fraction of sp³-hybridized carbons (Fsp3) is 0.353. The summed E-state index contributed by atoms with van der Waals surface area (Å²) in [6, 6.07) is 9.63. The Labute approximate surface area is 158 Å². The SMILES string of the molecule is CCN(CC)S(=O)(=O)c1ccc(NCCNc2ccccc2[N+](=O)[O-])[nH+]c1. The van der Waals surface area contributed by atoms with Gasteiger partial charge in [-0.15, -0.1) is 0 Å². The second-order valence-electron chi connectivity index (χ2n) is 5.66. The number of H-pyrrole nitrogens is 1. The molecular formula is C17H24N5O4S+. The number of hydrogen-bond acceptors (Lipinski definition) is 6. The predicted octanol–water partition coefficient (Wildman–Crippen LogP) is 1.96. The summed E-state index contributed by atoms with van der Waals surface area (Å²) in [5.41, 5.74) is 0.476. The van der Waals surface area contributed by atoms with E-state index in [9.17, 15) is 18.5 Å². The molecule has 1 aromatic carbocycles. The predicted molar refractivity (Wildman–Crippen MR) is 103 cm³/mol. The van der Waals surface area contributed by atoms with Crippen LogP contribution in [0.3, 0.4) is 0 Å². The lowest BCUT2D eigenvalue weighted by Crippen LogP contribution is -2.31. The van der Waals surface area contributed by atoms with Gasteiger partial charge >= 0.3 is 0 Å². The third-order valence-corrected chi connectivity index (χ3v) is 6.03. The molecule has 146 valence electrons. The lowest BCUT2D eigenvalue weighted by molar-refractivity contribution is -0.384. The number of nitrogens with zero attached hydrogens (tertiary/aromatic N) is 2. The van der Waals surface area contributed by atoms with Crippen molar-refractivity contribution in [3.63, 3.8) is 0 Å². The molecule has 1 aromatic heterocycles. The van der Waals surface area contributed by atoms with Gasteiger partial charge in [-0.25, -0.2) is 13.4 Å². The molecule has 0 saturated carbocycles. The highest BCUT2D eigenvalue weighted by Gasteiger charge is 2.22. The minimum Gasteiger partial charge on any atom is -0.376 e. The summed E-state index contributed by atoms with van der Waals surface area (Å²) in [6.45, 7) is 5.37. The summed E-state index contributed by atoms with van der Waals surface area (Å²) < 4.78 is 26.2. The first kappa shape index (κ1) is 20.6. The molecule has 27 heavy (non-hydrogen) atoms.